The van der Waals surface area contributed by atoms with E-state index in [9.17, 15) is 9.59 Å². The van der Waals surface area contributed by atoms with Crippen LogP contribution in [0.25, 0.3) is 0 Å². The molecule has 0 aromatic rings. The van der Waals surface area contributed by atoms with Crippen LogP contribution in [0.2, 0.25) is 0 Å². The highest BCUT2D eigenvalue weighted by Crippen LogP contribution is 1.92. The fourth-order valence-corrected chi connectivity index (χ4v) is 1.07. The van der Waals surface area contributed by atoms with Gasteiger partial charge < -0.3 is 15.7 Å². The van der Waals surface area contributed by atoms with Crippen molar-refractivity contribution < 1.29 is 14.7 Å². The van der Waals surface area contributed by atoms with E-state index in [-0.39, 0.29) is 6.54 Å². The number of amides is 2. The number of carboxylic acids is 1. The highest BCUT2D eigenvalue weighted by Gasteiger charge is 2.01. The van der Waals surface area contributed by atoms with Gasteiger partial charge in [-0.15, -0.1) is 0 Å². The van der Waals surface area contributed by atoms with E-state index in [2.05, 4.69) is 10.6 Å². The summed E-state index contributed by atoms with van der Waals surface area (Å²) < 4.78 is 0. The molecule has 5 nitrogen and oxygen atoms in total. The second-order valence-electron chi connectivity index (χ2n) is 2.35. The molecule has 0 aliphatic heterocycles. The zero-order valence-corrected chi connectivity index (χ0v) is 8.32. The topological polar surface area (TPSA) is 78.4 Å². The van der Waals surface area contributed by atoms with Crippen LogP contribution >= 0.6 is 11.8 Å². The Hall–Kier alpha value is -0.910. The summed E-state index contributed by atoms with van der Waals surface area (Å²) in [7, 11) is 0. The molecule has 13 heavy (non-hydrogen) atoms. The molecule has 6 heteroatoms. The molecule has 0 aliphatic carbocycles. The van der Waals surface area contributed by atoms with Crippen LogP contribution in [-0.4, -0.2) is 42.2 Å². The van der Waals surface area contributed by atoms with E-state index in [4.69, 9.17) is 5.11 Å². The maximum Gasteiger partial charge on any atom is 0.323 e. The molecule has 0 heterocycles. The molecule has 0 atom stereocenters. The summed E-state index contributed by atoms with van der Waals surface area (Å²) in [4.78, 5) is 20.9. The van der Waals surface area contributed by atoms with Crippen LogP contribution in [0, 0.1) is 0 Å². The van der Waals surface area contributed by atoms with Gasteiger partial charge in [-0.25, -0.2) is 4.79 Å². The molecule has 2 amide bonds. The predicted octanol–water partition coefficient (Wildman–Crippen LogP) is 0.123. The van der Waals surface area contributed by atoms with E-state index in [0.717, 1.165) is 12.2 Å². The maximum absolute atomic E-state index is 10.8. The van der Waals surface area contributed by atoms with Gasteiger partial charge in [0.25, 0.3) is 0 Å². The molecule has 0 saturated carbocycles. The Morgan fingerprint density at radius 1 is 1.38 bits per heavy atom. The van der Waals surface area contributed by atoms with Crippen molar-refractivity contribution in [2.24, 2.45) is 0 Å². The van der Waals surface area contributed by atoms with Gasteiger partial charge in [0, 0.05) is 6.54 Å². The predicted molar refractivity (Wildman–Crippen MR) is 52.0 cm³/mol. The molecule has 3 N–H and O–H groups in total. The summed E-state index contributed by atoms with van der Waals surface area (Å²) in [6, 6.07) is -0.427. The molecule has 76 valence electrons. The Morgan fingerprint density at radius 3 is 2.62 bits per heavy atom. The average molecular weight is 206 g/mol. The molecule has 0 aromatic carbocycles. The number of carbonyl (C=O) groups is 2. The second-order valence-corrected chi connectivity index (χ2v) is 3.34. The van der Waals surface area contributed by atoms with Crippen molar-refractivity contribution in [3.05, 3.63) is 0 Å². The van der Waals surface area contributed by atoms with E-state index in [0.29, 0.717) is 6.54 Å². The monoisotopic (exact) mass is 206 g/mol. The van der Waals surface area contributed by atoms with Crippen LogP contribution in [0.3, 0.4) is 0 Å². The van der Waals surface area contributed by atoms with Gasteiger partial charge in [0.15, 0.2) is 0 Å². The third-order valence-corrected chi connectivity index (χ3v) is 1.91. The Labute approximate surface area is 81.3 Å². The van der Waals surface area contributed by atoms with E-state index in [1.807, 2.05) is 6.26 Å². The van der Waals surface area contributed by atoms with E-state index in [1.54, 1.807) is 11.8 Å². The highest BCUT2D eigenvalue weighted by atomic mass is 32.2. The number of hydrogen-bond acceptors (Lipinski definition) is 3. The van der Waals surface area contributed by atoms with Crippen molar-refractivity contribution in [1.82, 2.24) is 10.6 Å². The molecular formula is C7H14N2O3S. The van der Waals surface area contributed by atoms with E-state index in [1.165, 1.54) is 0 Å². The second kappa shape index (κ2) is 7.72. The summed E-state index contributed by atoms with van der Waals surface area (Å²) in [5.41, 5.74) is 0. The maximum atomic E-state index is 10.8. The van der Waals surface area contributed by atoms with Crippen molar-refractivity contribution in [2.75, 3.05) is 25.1 Å². The zero-order valence-electron chi connectivity index (χ0n) is 7.50. The average Bonchev–Trinajstić information content (AvgIpc) is 2.09. The van der Waals surface area contributed by atoms with E-state index < -0.39 is 12.0 Å². The van der Waals surface area contributed by atoms with Crippen LogP contribution in [0.5, 0.6) is 0 Å². The first-order chi connectivity index (χ1) is 6.16. The molecule has 0 fully saturated rings. The quantitative estimate of drug-likeness (QED) is 0.539. The summed E-state index contributed by atoms with van der Waals surface area (Å²) in [6.07, 6.45) is 2.88. The normalized spacial score (nSPS) is 9.31. The lowest BCUT2D eigenvalue weighted by atomic mass is 10.5. The first-order valence-electron chi connectivity index (χ1n) is 3.89. The summed E-state index contributed by atoms with van der Waals surface area (Å²) in [5.74, 6) is -0.0570. The standard InChI is InChI=1S/C7H14N2O3S/c1-13-4-2-3-8-7(12)9-5-6(10)11/h2-5H2,1H3,(H,10,11)(H2,8,9,12). The third kappa shape index (κ3) is 9.00. The Bertz CT molecular complexity index is 175. The van der Waals surface area contributed by atoms with Crippen LogP contribution in [0.4, 0.5) is 4.79 Å². The summed E-state index contributed by atoms with van der Waals surface area (Å²) in [6.45, 7) is 0.237. The van der Waals surface area contributed by atoms with Crippen LogP contribution < -0.4 is 10.6 Å². The number of aliphatic carboxylic acids is 1. The zero-order chi connectivity index (χ0) is 10.1. The van der Waals surface area contributed by atoms with Gasteiger partial charge in [-0.2, -0.15) is 11.8 Å². The molecule has 0 rings (SSSR count). The Kier molecular flexibility index (Phi) is 7.18. The van der Waals surface area contributed by atoms with Crippen LogP contribution in [0.15, 0.2) is 0 Å². The lowest BCUT2D eigenvalue weighted by molar-refractivity contribution is -0.135. The fraction of sp³-hybridized carbons (Fsp3) is 0.714. The van der Waals surface area contributed by atoms with Crippen molar-refractivity contribution in [1.29, 1.82) is 0 Å². The van der Waals surface area contributed by atoms with Gasteiger partial charge in [0.2, 0.25) is 0 Å². The number of carbonyl (C=O) groups excluding carboxylic acids is 1. The van der Waals surface area contributed by atoms with E-state index >= 15 is 0 Å². The molecule has 0 saturated heterocycles. The number of carboxylic acid groups (broad SMARTS) is 1. The minimum absolute atomic E-state index is 0.339. The minimum atomic E-state index is -1.04. The minimum Gasteiger partial charge on any atom is -0.480 e. The lowest BCUT2D eigenvalue weighted by Gasteiger charge is -2.04. The van der Waals surface area contributed by atoms with Gasteiger partial charge in [-0.3, -0.25) is 4.79 Å². The highest BCUT2D eigenvalue weighted by molar-refractivity contribution is 7.98. The van der Waals surface area contributed by atoms with Gasteiger partial charge in [-0.1, -0.05) is 0 Å². The van der Waals surface area contributed by atoms with Crippen molar-refractivity contribution in [3.63, 3.8) is 0 Å². The molecule has 0 unspecified atom stereocenters. The first kappa shape index (κ1) is 12.1. The fourth-order valence-electron chi connectivity index (χ4n) is 0.637. The van der Waals surface area contributed by atoms with Gasteiger partial charge in [0.1, 0.15) is 6.54 Å². The van der Waals surface area contributed by atoms with Crippen LogP contribution in [-0.2, 0) is 4.79 Å². The molecular weight excluding hydrogens is 192 g/mol. The van der Waals surface area contributed by atoms with Crippen molar-refractivity contribution in [3.8, 4) is 0 Å². The molecule has 0 aliphatic rings. The Morgan fingerprint density at radius 2 is 2.08 bits per heavy atom. The van der Waals surface area contributed by atoms with Crippen LogP contribution in [0.1, 0.15) is 6.42 Å². The number of nitrogens with one attached hydrogen (secondary N) is 2. The number of thioether (sulfide) groups is 1. The number of hydrogen-bond donors (Lipinski definition) is 3. The Balaban J connectivity index is 3.25. The van der Waals surface area contributed by atoms with Gasteiger partial charge in [-0.05, 0) is 18.4 Å². The molecule has 0 radical (unpaired) electrons. The summed E-state index contributed by atoms with van der Waals surface area (Å²) >= 11 is 1.71. The SMILES string of the molecule is CSCCCNC(=O)NCC(=O)O. The number of urea groups is 1. The molecule has 0 aromatic heterocycles. The first-order valence-corrected chi connectivity index (χ1v) is 5.28. The number of rotatable bonds is 6. The smallest absolute Gasteiger partial charge is 0.323 e. The van der Waals surface area contributed by atoms with Gasteiger partial charge >= 0.3 is 12.0 Å². The van der Waals surface area contributed by atoms with Crippen molar-refractivity contribution >= 4 is 23.8 Å². The summed E-state index contributed by atoms with van der Waals surface area (Å²) in [5, 5.41) is 13.0. The van der Waals surface area contributed by atoms with Gasteiger partial charge in [0.05, 0.1) is 0 Å². The molecule has 0 bridgehead atoms. The largest absolute Gasteiger partial charge is 0.480 e. The van der Waals surface area contributed by atoms with Crippen molar-refractivity contribution in [2.45, 2.75) is 6.42 Å². The lowest BCUT2D eigenvalue weighted by Crippen LogP contribution is -2.38. The molecule has 0 spiro atoms. The third-order valence-electron chi connectivity index (χ3n) is 1.21.